The molecule has 0 saturated heterocycles. The van der Waals surface area contributed by atoms with E-state index in [9.17, 15) is 18.0 Å². The van der Waals surface area contributed by atoms with Gasteiger partial charge in [-0.2, -0.15) is 13.2 Å². The van der Waals surface area contributed by atoms with Crippen LogP contribution in [0.2, 0.25) is 0 Å². The predicted octanol–water partition coefficient (Wildman–Crippen LogP) is 3.99. The van der Waals surface area contributed by atoms with Crippen molar-refractivity contribution in [1.82, 2.24) is 10.3 Å². The molecular formula is C17H15F3N2O. The average molecular weight is 320 g/mol. The smallest absolute Gasteiger partial charge is 0.346 e. The molecule has 0 aliphatic heterocycles. The molecule has 2 aromatic rings. The van der Waals surface area contributed by atoms with Gasteiger partial charge >= 0.3 is 6.18 Å². The van der Waals surface area contributed by atoms with Crippen LogP contribution in [0.5, 0.6) is 0 Å². The van der Waals surface area contributed by atoms with E-state index in [4.69, 9.17) is 0 Å². The minimum atomic E-state index is -4.40. The lowest BCUT2D eigenvalue weighted by atomic mass is 10.0. The van der Waals surface area contributed by atoms with Crippen LogP contribution in [0.15, 0.2) is 54.9 Å². The highest BCUT2D eigenvalue weighted by Crippen LogP contribution is 2.30. The zero-order valence-corrected chi connectivity index (χ0v) is 12.3. The van der Waals surface area contributed by atoms with Crippen molar-refractivity contribution in [2.45, 2.75) is 19.1 Å². The Morgan fingerprint density at radius 1 is 1.22 bits per heavy atom. The first-order valence-electron chi connectivity index (χ1n) is 6.92. The summed E-state index contributed by atoms with van der Waals surface area (Å²) in [7, 11) is 0. The van der Waals surface area contributed by atoms with Gasteiger partial charge in [0.2, 0.25) is 5.91 Å². The molecule has 0 radical (unpaired) electrons. The standard InChI is InChI=1S/C17H15F3N2O/c1-12(14-3-2-4-15(11-14)17(18,19)20)22-16(23)6-5-13-7-9-21-10-8-13/h2-12H,1H3,(H,22,23)/b6-5+. The Hall–Kier alpha value is -2.63. The number of nitrogens with one attached hydrogen (secondary N) is 1. The molecule has 0 spiro atoms. The van der Waals surface area contributed by atoms with Crippen molar-refractivity contribution < 1.29 is 18.0 Å². The molecule has 0 aliphatic carbocycles. The fourth-order valence-corrected chi connectivity index (χ4v) is 1.98. The summed E-state index contributed by atoms with van der Waals surface area (Å²) in [6.07, 6.45) is 1.74. The van der Waals surface area contributed by atoms with Gasteiger partial charge in [0.05, 0.1) is 11.6 Å². The van der Waals surface area contributed by atoms with Crippen LogP contribution in [0.25, 0.3) is 6.08 Å². The number of aromatic nitrogens is 1. The highest BCUT2D eigenvalue weighted by Gasteiger charge is 2.30. The Labute approximate surface area is 131 Å². The molecule has 1 atom stereocenters. The van der Waals surface area contributed by atoms with Gasteiger partial charge in [0, 0.05) is 18.5 Å². The van der Waals surface area contributed by atoms with Crippen LogP contribution in [-0.2, 0) is 11.0 Å². The molecule has 2 rings (SSSR count). The Morgan fingerprint density at radius 2 is 1.91 bits per heavy atom. The number of alkyl halides is 3. The van der Waals surface area contributed by atoms with E-state index in [1.54, 1.807) is 43.6 Å². The maximum atomic E-state index is 12.7. The van der Waals surface area contributed by atoms with E-state index in [0.29, 0.717) is 5.56 Å². The topological polar surface area (TPSA) is 42.0 Å². The van der Waals surface area contributed by atoms with Crippen LogP contribution < -0.4 is 5.32 Å². The molecule has 120 valence electrons. The number of hydrogen-bond donors (Lipinski definition) is 1. The number of benzene rings is 1. The number of pyridine rings is 1. The summed E-state index contributed by atoms with van der Waals surface area (Å²) in [6, 6.07) is 7.85. The maximum Gasteiger partial charge on any atom is 0.416 e. The monoisotopic (exact) mass is 320 g/mol. The highest BCUT2D eigenvalue weighted by molar-refractivity contribution is 5.91. The third kappa shape index (κ3) is 4.95. The second-order valence-corrected chi connectivity index (χ2v) is 4.97. The number of carbonyl (C=O) groups excluding carboxylic acids is 1. The van der Waals surface area contributed by atoms with E-state index in [-0.39, 0.29) is 5.91 Å². The number of nitrogens with zero attached hydrogens (tertiary/aromatic N) is 1. The van der Waals surface area contributed by atoms with E-state index in [0.717, 1.165) is 17.7 Å². The van der Waals surface area contributed by atoms with Crippen molar-refractivity contribution in [3.63, 3.8) is 0 Å². The lowest BCUT2D eigenvalue weighted by molar-refractivity contribution is -0.137. The van der Waals surface area contributed by atoms with Gasteiger partial charge in [-0.25, -0.2) is 0 Å². The number of halogens is 3. The first kappa shape index (κ1) is 16.7. The number of hydrogen-bond acceptors (Lipinski definition) is 2. The lowest BCUT2D eigenvalue weighted by Gasteiger charge is -2.15. The molecule has 23 heavy (non-hydrogen) atoms. The molecule has 1 N–H and O–H groups in total. The third-order valence-corrected chi connectivity index (χ3v) is 3.21. The highest BCUT2D eigenvalue weighted by atomic mass is 19.4. The summed E-state index contributed by atoms with van der Waals surface area (Å²) in [5.74, 6) is -0.383. The van der Waals surface area contributed by atoms with Crippen molar-refractivity contribution in [2.75, 3.05) is 0 Å². The van der Waals surface area contributed by atoms with Crippen LogP contribution in [0.3, 0.4) is 0 Å². The van der Waals surface area contributed by atoms with Gasteiger partial charge in [-0.15, -0.1) is 0 Å². The average Bonchev–Trinajstić information content (AvgIpc) is 2.53. The van der Waals surface area contributed by atoms with Gasteiger partial charge in [-0.3, -0.25) is 9.78 Å². The zero-order chi connectivity index (χ0) is 16.9. The Bertz CT molecular complexity index is 696. The summed E-state index contributed by atoms with van der Waals surface area (Å²) in [6.45, 7) is 1.63. The quantitative estimate of drug-likeness (QED) is 0.866. The fourth-order valence-electron chi connectivity index (χ4n) is 1.98. The zero-order valence-electron chi connectivity index (χ0n) is 12.3. The van der Waals surface area contributed by atoms with Crippen molar-refractivity contribution in [2.24, 2.45) is 0 Å². The van der Waals surface area contributed by atoms with Crippen LogP contribution >= 0.6 is 0 Å². The molecule has 1 amide bonds. The third-order valence-electron chi connectivity index (χ3n) is 3.21. The Morgan fingerprint density at radius 3 is 2.57 bits per heavy atom. The second kappa shape index (κ2) is 7.09. The number of carbonyl (C=O) groups is 1. The largest absolute Gasteiger partial charge is 0.416 e. The van der Waals surface area contributed by atoms with Crippen molar-refractivity contribution >= 4 is 12.0 Å². The van der Waals surface area contributed by atoms with Gasteiger partial charge in [0.15, 0.2) is 0 Å². The Kier molecular flexibility index (Phi) is 5.16. The van der Waals surface area contributed by atoms with E-state index in [1.165, 1.54) is 12.1 Å². The van der Waals surface area contributed by atoms with Gasteiger partial charge in [-0.05, 0) is 48.4 Å². The van der Waals surface area contributed by atoms with Crippen LogP contribution in [0.1, 0.15) is 29.7 Å². The van der Waals surface area contributed by atoms with E-state index < -0.39 is 17.8 Å². The molecule has 0 fully saturated rings. The minimum absolute atomic E-state index is 0.383. The molecule has 6 heteroatoms. The maximum absolute atomic E-state index is 12.7. The number of rotatable bonds is 4. The van der Waals surface area contributed by atoms with Crippen molar-refractivity contribution in [1.29, 1.82) is 0 Å². The first-order chi connectivity index (χ1) is 10.9. The summed E-state index contributed by atoms with van der Waals surface area (Å²) in [4.78, 5) is 15.7. The molecular weight excluding hydrogens is 305 g/mol. The molecule has 3 nitrogen and oxygen atoms in total. The van der Waals surface area contributed by atoms with E-state index in [1.807, 2.05) is 0 Å². The van der Waals surface area contributed by atoms with Gasteiger partial charge in [0.1, 0.15) is 0 Å². The van der Waals surface area contributed by atoms with Gasteiger partial charge in [-0.1, -0.05) is 12.1 Å². The second-order valence-electron chi connectivity index (χ2n) is 4.97. The lowest BCUT2D eigenvalue weighted by Crippen LogP contribution is -2.24. The molecule has 1 aromatic carbocycles. The van der Waals surface area contributed by atoms with Crippen LogP contribution in [0, 0.1) is 0 Å². The van der Waals surface area contributed by atoms with Gasteiger partial charge < -0.3 is 5.32 Å². The summed E-state index contributed by atoms with van der Waals surface area (Å²) in [5.41, 5.74) is 0.468. The van der Waals surface area contributed by atoms with Gasteiger partial charge in [0.25, 0.3) is 0 Å². The molecule has 1 unspecified atom stereocenters. The summed E-state index contributed by atoms with van der Waals surface area (Å²) < 4.78 is 38.1. The fraction of sp³-hybridized carbons (Fsp3) is 0.176. The summed E-state index contributed by atoms with van der Waals surface area (Å²) in [5, 5.41) is 2.64. The van der Waals surface area contributed by atoms with Crippen LogP contribution in [-0.4, -0.2) is 10.9 Å². The predicted molar refractivity (Wildman–Crippen MR) is 81.3 cm³/mol. The molecule has 1 aromatic heterocycles. The Balaban J connectivity index is 2.03. The van der Waals surface area contributed by atoms with Crippen LogP contribution in [0.4, 0.5) is 13.2 Å². The molecule has 0 bridgehead atoms. The summed E-state index contributed by atoms with van der Waals surface area (Å²) >= 11 is 0. The SMILES string of the molecule is CC(NC(=O)/C=C/c1ccncc1)c1cccc(C(F)(F)F)c1. The number of amides is 1. The van der Waals surface area contributed by atoms with Crippen molar-refractivity contribution in [3.8, 4) is 0 Å². The minimum Gasteiger partial charge on any atom is -0.346 e. The molecule has 0 saturated carbocycles. The first-order valence-corrected chi connectivity index (χ1v) is 6.92. The normalized spacial score (nSPS) is 13.0. The van der Waals surface area contributed by atoms with E-state index in [2.05, 4.69) is 10.3 Å². The van der Waals surface area contributed by atoms with E-state index >= 15 is 0 Å². The molecule has 0 aliphatic rings. The van der Waals surface area contributed by atoms with Crippen molar-refractivity contribution in [3.05, 3.63) is 71.6 Å². The molecule has 1 heterocycles.